The van der Waals surface area contributed by atoms with Crippen LogP contribution in [-0.2, 0) is 0 Å². The van der Waals surface area contributed by atoms with Gasteiger partial charge >= 0.3 is 0 Å². The van der Waals surface area contributed by atoms with Crippen LogP contribution in [0.4, 0.5) is 0 Å². The highest BCUT2D eigenvalue weighted by atomic mass is 32.1. The lowest BCUT2D eigenvalue weighted by Gasteiger charge is -2.19. The highest BCUT2D eigenvalue weighted by Gasteiger charge is 2.36. The fourth-order valence-corrected chi connectivity index (χ4v) is 3.26. The predicted octanol–water partition coefficient (Wildman–Crippen LogP) is 1.97. The van der Waals surface area contributed by atoms with E-state index < -0.39 is 0 Å². The molecule has 0 aliphatic carbocycles. The molecule has 0 spiro atoms. The van der Waals surface area contributed by atoms with Gasteiger partial charge < -0.3 is 5.73 Å². The molecule has 17 heavy (non-hydrogen) atoms. The predicted molar refractivity (Wildman–Crippen MR) is 70.5 cm³/mol. The largest absolute Gasteiger partial charge is 0.314 e. The van der Waals surface area contributed by atoms with E-state index in [4.69, 9.17) is 5.73 Å². The van der Waals surface area contributed by atoms with Crippen LogP contribution in [-0.4, -0.2) is 6.17 Å². The molecule has 0 bridgehead atoms. The summed E-state index contributed by atoms with van der Waals surface area (Å²) < 4.78 is 0. The minimum Gasteiger partial charge on any atom is -0.314 e. The quantitative estimate of drug-likeness (QED) is 0.758. The molecule has 3 nitrogen and oxygen atoms in total. The van der Waals surface area contributed by atoms with Crippen molar-refractivity contribution in [2.45, 2.75) is 18.1 Å². The van der Waals surface area contributed by atoms with Gasteiger partial charge in [0.05, 0.1) is 12.2 Å². The SMILES string of the molecule is NC1NNC(c2ccccc2)C1c1cccs1. The Morgan fingerprint density at radius 1 is 1.00 bits per heavy atom. The van der Waals surface area contributed by atoms with E-state index in [9.17, 15) is 0 Å². The zero-order chi connectivity index (χ0) is 11.7. The van der Waals surface area contributed by atoms with Crippen LogP contribution in [0.1, 0.15) is 22.4 Å². The molecule has 4 N–H and O–H groups in total. The summed E-state index contributed by atoms with van der Waals surface area (Å²) in [5.74, 6) is 0.289. The molecule has 1 aliphatic rings. The minimum absolute atomic E-state index is 0.0427. The van der Waals surface area contributed by atoms with Crippen LogP contribution >= 0.6 is 11.3 Å². The van der Waals surface area contributed by atoms with E-state index in [1.54, 1.807) is 11.3 Å². The van der Waals surface area contributed by atoms with Gasteiger partial charge in [-0.25, -0.2) is 10.9 Å². The Hall–Kier alpha value is -1.20. The number of thiophene rings is 1. The molecule has 0 saturated carbocycles. The monoisotopic (exact) mass is 245 g/mol. The normalized spacial score (nSPS) is 28.4. The number of nitrogens with two attached hydrogens (primary N) is 1. The van der Waals surface area contributed by atoms with Crippen molar-refractivity contribution in [3.63, 3.8) is 0 Å². The molecule has 1 saturated heterocycles. The Balaban J connectivity index is 1.95. The summed E-state index contributed by atoms with van der Waals surface area (Å²) in [6.07, 6.45) is -0.0427. The Bertz CT molecular complexity index is 469. The van der Waals surface area contributed by atoms with E-state index in [1.165, 1.54) is 10.4 Å². The first-order chi connectivity index (χ1) is 8.36. The summed E-state index contributed by atoms with van der Waals surface area (Å²) in [5, 5.41) is 2.10. The minimum atomic E-state index is -0.0427. The van der Waals surface area contributed by atoms with Crippen LogP contribution in [0.15, 0.2) is 47.8 Å². The van der Waals surface area contributed by atoms with Crippen molar-refractivity contribution < 1.29 is 0 Å². The molecule has 0 amide bonds. The first-order valence-electron chi connectivity index (χ1n) is 5.71. The van der Waals surface area contributed by atoms with Crippen molar-refractivity contribution >= 4 is 11.3 Å². The number of nitrogens with one attached hydrogen (secondary N) is 2. The second-order valence-electron chi connectivity index (χ2n) is 4.24. The fourth-order valence-electron chi connectivity index (χ4n) is 2.35. The van der Waals surface area contributed by atoms with Crippen molar-refractivity contribution in [3.8, 4) is 0 Å². The van der Waals surface area contributed by atoms with Crippen molar-refractivity contribution in [2.24, 2.45) is 5.73 Å². The first kappa shape index (κ1) is 10.9. The molecule has 2 aromatic rings. The van der Waals surface area contributed by atoms with Crippen LogP contribution in [0.2, 0.25) is 0 Å². The van der Waals surface area contributed by atoms with Gasteiger partial charge in [-0.1, -0.05) is 36.4 Å². The third kappa shape index (κ3) is 2.00. The molecule has 1 aromatic heterocycles. The summed E-state index contributed by atoms with van der Waals surface area (Å²) >= 11 is 1.76. The van der Waals surface area contributed by atoms with Crippen molar-refractivity contribution in [2.75, 3.05) is 0 Å². The van der Waals surface area contributed by atoms with Gasteiger partial charge in [-0.05, 0) is 17.0 Å². The van der Waals surface area contributed by atoms with Gasteiger partial charge in [0.2, 0.25) is 0 Å². The zero-order valence-corrected chi connectivity index (χ0v) is 10.2. The van der Waals surface area contributed by atoms with Crippen LogP contribution in [0.3, 0.4) is 0 Å². The van der Waals surface area contributed by atoms with Crippen LogP contribution in [0.5, 0.6) is 0 Å². The van der Waals surface area contributed by atoms with E-state index in [2.05, 4.69) is 52.6 Å². The lowest BCUT2D eigenvalue weighted by atomic mass is 9.92. The summed E-state index contributed by atoms with van der Waals surface area (Å²) in [7, 11) is 0. The van der Waals surface area contributed by atoms with Crippen molar-refractivity contribution in [1.82, 2.24) is 10.9 Å². The van der Waals surface area contributed by atoms with Crippen molar-refractivity contribution in [3.05, 3.63) is 58.3 Å². The molecule has 1 aliphatic heterocycles. The molecule has 3 unspecified atom stereocenters. The first-order valence-corrected chi connectivity index (χ1v) is 6.59. The molecule has 1 fully saturated rings. The second kappa shape index (κ2) is 4.58. The molecule has 1 aromatic carbocycles. The Kier molecular flexibility index (Phi) is 2.94. The lowest BCUT2D eigenvalue weighted by molar-refractivity contribution is 0.550. The summed E-state index contributed by atoms with van der Waals surface area (Å²) in [4.78, 5) is 1.32. The smallest absolute Gasteiger partial charge is 0.0775 e. The van der Waals surface area contributed by atoms with E-state index >= 15 is 0 Å². The third-order valence-electron chi connectivity index (χ3n) is 3.18. The number of rotatable bonds is 2. The maximum atomic E-state index is 6.13. The Morgan fingerprint density at radius 2 is 1.82 bits per heavy atom. The molecule has 3 rings (SSSR count). The highest BCUT2D eigenvalue weighted by molar-refractivity contribution is 7.10. The zero-order valence-electron chi connectivity index (χ0n) is 9.34. The lowest BCUT2D eigenvalue weighted by Crippen LogP contribution is -2.38. The summed E-state index contributed by atoms with van der Waals surface area (Å²) in [5.41, 5.74) is 13.8. The summed E-state index contributed by atoms with van der Waals surface area (Å²) in [6, 6.07) is 14.9. The molecule has 3 atom stereocenters. The number of hydrogen-bond acceptors (Lipinski definition) is 4. The maximum absolute atomic E-state index is 6.13. The van der Waals surface area contributed by atoms with Gasteiger partial charge in [0.15, 0.2) is 0 Å². The molecule has 88 valence electrons. The van der Waals surface area contributed by atoms with Gasteiger partial charge in [0.1, 0.15) is 0 Å². The average molecular weight is 245 g/mol. The maximum Gasteiger partial charge on any atom is 0.0775 e. The summed E-state index contributed by atoms with van der Waals surface area (Å²) in [6.45, 7) is 0. The topological polar surface area (TPSA) is 50.1 Å². The molecule has 4 heteroatoms. The number of benzene rings is 1. The molecular weight excluding hydrogens is 230 g/mol. The van der Waals surface area contributed by atoms with Gasteiger partial charge in [-0.2, -0.15) is 0 Å². The van der Waals surface area contributed by atoms with E-state index in [0.29, 0.717) is 0 Å². The van der Waals surface area contributed by atoms with Crippen LogP contribution in [0, 0.1) is 0 Å². The fraction of sp³-hybridized carbons (Fsp3) is 0.231. The Morgan fingerprint density at radius 3 is 2.53 bits per heavy atom. The van der Waals surface area contributed by atoms with Crippen molar-refractivity contribution in [1.29, 1.82) is 0 Å². The van der Waals surface area contributed by atoms with E-state index in [1.807, 2.05) is 6.07 Å². The number of hydrogen-bond donors (Lipinski definition) is 3. The molecular formula is C13H15N3S. The van der Waals surface area contributed by atoms with Gasteiger partial charge in [-0.15, -0.1) is 11.3 Å². The third-order valence-corrected chi connectivity index (χ3v) is 4.16. The highest BCUT2D eigenvalue weighted by Crippen LogP contribution is 2.37. The van der Waals surface area contributed by atoms with Gasteiger partial charge in [0.25, 0.3) is 0 Å². The van der Waals surface area contributed by atoms with E-state index in [-0.39, 0.29) is 18.1 Å². The van der Waals surface area contributed by atoms with Gasteiger partial charge in [0, 0.05) is 10.8 Å². The number of hydrazine groups is 1. The second-order valence-corrected chi connectivity index (χ2v) is 5.22. The van der Waals surface area contributed by atoms with Gasteiger partial charge in [-0.3, -0.25) is 0 Å². The van der Waals surface area contributed by atoms with E-state index in [0.717, 1.165) is 0 Å². The molecule has 2 heterocycles. The molecule has 0 radical (unpaired) electrons. The standard InChI is InChI=1S/C13H15N3S/c14-13-11(10-7-4-8-17-10)12(15-16-13)9-5-2-1-3-6-9/h1-8,11-13,15-16H,14H2. The average Bonchev–Trinajstić information content (AvgIpc) is 2.99. The van der Waals surface area contributed by atoms with Crippen LogP contribution in [0.25, 0.3) is 0 Å². The Labute approximate surface area is 105 Å². The van der Waals surface area contributed by atoms with Crippen LogP contribution < -0.4 is 16.6 Å².